The molecule has 0 saturated heterocycles. The van der Waals surface area contributed by atoms with Crippen LogP contribution in [-0.4, -0.2) is 12.8 Å². The number of hydrogen-bond acceptors (Lipinski definition) is 5. The van der Waals surface area contributed by atoms with Crippen LogP contribution in [0.25, 0.3) is 6.08 Å². The number of halogens is 1. The Labute approximate surface area is 209 Å². The third-order valence-electron chi connectivity index (χ3n) is 5.25. The molecule has 35 heavy (non-hydrogen) atoms. The maximum atomic E-state index is 17.1. The van der Waals surface area contributed by atoms with E-state index in [9.17, 15) is 8.42 Å². The third-order valence-corrected chi connectivity index (χ3v) is 8.61. The minimum absolute atomic E-state index is 0.130. The van der Waals surface area contributed by atoms with Crippen molar-refractivity contribution in [1.82, 2.24) is 0 Å². The van der Waals surface area contributed by atoms with Gasteiger partial charge in [0, 0.05) is 0 Å². The van der Waals surface area contributed by atoms with Crippen molar-refractivity contribution in [2.75, 3.05) is 0 Å². The van der Waals surface area contributed by atoms with Crippen molar-refractivity contribution in [3.8, 4) is 5.75 Å². The third kappa shape index (κ3) is 5.82. The molecule has 0 amide bonds. The fourth-order valence-corrected chi connectivity index (χ4v) is 6.10. The van der Waals surface area contributed by atoms with E-state index in [0.29, 0.717) is 11.3 Å². The standard InChI is InChI=1S/C28H23FO4S2/c29-28(34-33-32-25-17-9-3-10-18-25,35(30,31)26-19-11-4-12-20-26)27(24-15-7-2-8-16-24)22-21-23-13-5-1-6-14-23/h1-22,27H/b22-21+. The van der Waals surface area contributed by atoms with Crippen LogP contribution < -0.4 is 4.89 Å². The predicted octanol–water partition coefficient (Wildman–Crippen LogP) is 7.24. The Balaban J connectivity index is 1.78. The fraction of sp³-hybridized carbons (Fsp3) is 0.0714. The zero-order chi connectivity index (χ0) is 24.6. The van der Waals surface area contributed by atoms with E-state index in [0.717, 1.165) is 5.56 Å². The Hall–Kier alpha value is -3.39. The van der Waals surface area contributed by atoms with Crippen molar-refractivity contribution in [3.63, 3.8) is 0 Å². The fourth-order valence-electron chi connectivity index (χ4n) is 3.46. The van der Waals surface area contributed by atoms with Crippen molar-refractivity contribution < 1.29 is 22.0 Å². The molecule has 4 aromatic rings. The lowest BCUT2D eigenvalue weighted by atomic mass is 9.98. The second-order valence-corrected chi connectivity index (χ2v) is 10.8. The van der Waals surface area contributed by atoms with Gasteiger partial charge in [-0.2, -0.15) is 0 Å². The smallest absolute Gasteiger partial charge is 0.298 e. The lowest BCUT2D eigenvalue weighted by molar-refractivity contribution is -0.0807. The summed E-state index contributed by atoms with van der Waals surface area (Å²) in [7, 11) is -4.57. The number of hydrogen-bond donors (Lipinski definition) is 0. The second-order valence-electron chi connectivity index (χ2n) is 7.60. The molecule has 0 bridgehead atoms. The van der Waals surface area contributed by atoms with Crippen LogP contribution in [0, 0.1) is 0 Å². The van der Waals surface area contributed by atoms with Crippen LogP contribution in [0.2, 0.25) is 0 Å². The molecule has 0 fully saturated rings. The molecule has 2 unspecified atom stereocenters. The first kappa shape index (κ1) is 24.7. The highest BCUT2D eigenvalue weighted by Gasteiger charge is 2.54. The molecule has 0 saturated carbocycles. The highest BCUT2D eigenvalue weighted by atomic mass is 32.3. The van der Waals surface area contributed by atoms with Crippen molar-refractivity contribution >= 4 is 28.0 Å². The van der Waals surface area contributed by atoms with E-state index in [4.69, 9.17) is 9.22 Å². The zero-order valence-electron chi connectivity index (χ0n) is 18.6. The van der Waals surface area contributed by atoms with Crippen LogP contribution in [0.3, 0.4) is 0 Å². The van der Waals surface area contributed by atoms with E-state index in [1.54, 1.807) is 91.0 Å². The summed E-state index contributed by atoms with van der Waals surface area (Å²) in [5, 5.41) is 0. The molecule has 0 aromatic heterocycles. The molecule has 0 N–H and O–H groups in total. The van der Waals surface area contributed by atoms with E-state index in [1.807, 2.05) is 30.3 Å². The van der Waals surface area contributed by atoms with Gasteiger partial charge in [-0.15, -0.1) is 4.33 Å². The molecule has 7 heteroatoms. The molecule has 178 valence electrons. The van der Waals surface area contributed by atoms with Gasteiger partial charge in [-0.05, 0) is 35.4 Å². The SMILES string of the molecule is O=S(=O)(c1ccccc1)C(F)(SOOc1ccccc1)C(/C=C/c1ccccc1)c1ccccc1. The van der Waals surface area contributed by atoms with Gasteiger partial charge in [0.2, 0.25) is 9.84 Å². The van der Waals surface area contributed by atoms with Crippen LogP contribution in [0.1, 0.15) is 17.0 Å². The van der Waals surface area contributed by atoms with Crippen LogP contribution in [0.15, 0.2) is 132 Å². The molecule has 0 radical (unpaired) electrons. The lowest BCUT2D eigenvalue weighted by Gasteiger charge is -2.30. The van der Waals surface area contributed by atoms with E-state index in [2.05, 4.69) is 0 Å². The van der Waals surface area contributed by atoms with Gasteiger partial charge >= 0.3 is 0 Å². The van der Waals surface area contributed by atoms with Gasteiger partial charge in [0.05, 0.1) is 10.8 Å². The average molecular weight is 507 g/mol. The summed E-state index contributed by atoms with van der Waals surface area (Å²) in [6.45, 7) is 0. The van der Waals surface area contributed by atoms with Crippen LogP contribution >= 0.6 is 12.0 Å². The monoisotopic (exact) mass is 506 g/mol. The highest BCUT2D eigenvalue weighted by molar-refractivity contribution is 8.12. The summed E-state index contributed by atoms with van der Waals surface area (Å²) in [5.41, 5.74) is 1.27. The van der Waals surface area contributed by atoms with Gasteiger partial charge in [-0.1, -0.05) is 109 Å². The summed E-state index contributed by atoms with van der Waals surface area (Å²) in [6, 6.07) is 33.9. The second kappa shape index (κ2) is 11.4. The van der Waals surface area contributed by atoms with Gasteiger partial charge in [-0.3, -0.25) is 0 Å². The minimum Gasteiger partial charge on any atom is -0.325 e. The summed E-state index contributed by atoms with van der Waals surface area (Å²) in [4.78, 5) is 5.06. The molecule has 0 spiro atoms. The van der Waals surface area contributed by atoms with Crippen molar-refractivity contribution in [2.45, 2.75) is 15.1 Å². The molecule has 0 heterocycles. The van der Waals surface area contributed by atoms with Gasteiger partial charge in [0.25, 0.3) is 4.33 Å². The normalized spacial score (nSPS) is 14.3. The molecule has 4 nitrogen and oxygen atoms in total. The number of benzene rings is 4. The first-order valence-corrected chi connectivity index (χ1v) is 13.1. The number of rotatable bonds is 10. The Kier molecular flexibility index (Phi) is 8.02. The maximum Gasteiger partial charge on any atom is 0.298 e. The predicted molar refractivity (Wildman–Crippen MR) is 138 cm³/mol. The lowest BCUT2D eigenvalue weighted by Crippen LogP contribution is -2.37. The molecule has 0 aliphatic carbocycles. The van der Waals surface area contributed by atoms with Crippen LogP contribution in [0.5, 0.6) is 5.75 Å². The van der Waals surface area contributed by atoms with Crippen molar-refractivity contribution in [1.29, 1.82) is 0 Å². The number of sulfone groups is 1. The number of para-hydroxylation sites is 1. The van der Waals surface area contributed by atoms with Gasteiger partial charge < -0.3 is 4.89 Å². The molecule has 4 rings (SSSR count). The maximum absolute atomic E-state index is 17.1. The number of allylic oxidation sites excluding steroid dienone is 1. The van der Waals surface area contributed by atoms with Crippen LogP contribution in [-0.2, 0) is 14.2 Å². The topological polar surface area (TPSA) is 52.6 Å². The summed E-state index contributed by atoms with van der Waals surface area (Å²) in [6.07, 6.45) is 3.25. The molecule has 0 aliphatic heterocycles. The molecule has 2 atom stereocenters. The zero-order valence-corrected chi connectivity index (χ0v) is 20.2. The summed E-state index contributed by atoms with van der Waals surface area (Å²) >= 11 is 0.130. The van der Waals surface area contributed by atoms with Crippen LogP contribution in [0.4, 0.5) is 4.39 Å². The largest absolute Gasteiger partial charge is 0.325 e. The van der Waals surface area contributed by atoms with Gasteiger partial charge in [0.15, 0.2) is 5.75 Å². The molecular weight excluding hydrogens is 483 g/mol. The Bertz CT molecular complexity index is 1330. The highest BCUT2D eigenvalue weighted by Crippen LogP contribution is 2.49. The first-order valence-electron chi connectivity index (χ1n) is 10.8. The Morgan fingerprint density at radius 2 is 1.26 bits per heavy atom. The minimum atomic E-state index is -4.57. The van der Waals surface area contributed by atoms with Gasteiger partial charge in [0.1, 0.15) is 12.0 Å². The van der Waals surface area contributed by atoms with E-state index >= 15 is 4.39 Å². The van der Waals surface area contributed by atoms with E-state index in [1.165, 1.54) is 12.1 Å². The summed E-state index contributed by atoms with van der Waals surface area (Å²) in [5.74, 6) is -0.908. The van der Waals surface area contributed by atoms with Crippen molar-refractivity contribution in [3.05, 3.63) is 139 Å². The molecule has 0 aliphatic rings. The quantitative estimate of drug-likeness (QED) is 0.129. The van der Waals surface area contributed by atoms with Gasteiger partial charge in [-0.25, -0.2) is 12.8 Å². The average Bonchev–Trinajstić information content (AvgIpc) is 2.91. The molecular formula is C28H23FO4S2. The number of alkyl halides is 1. The Morgan fingerprint density at radius 3 is 1.86 bits per heavy atom. The van der Waals surface area contributed by atoms with E-state index in [-0.39, 0.29) is 16.9 Å². The van der Waals surface area contributed by atoms with E-state index < -0.39 is 20.1 Å². The Morgan fingerprint density at radius 1 is 0.743 bits per heavy atom. The van der Waals surface area contributed by atoms with Crippen molar-refractivity contribution in [2.24, 2.45) is 0 Å². The first-order chi connectivity index (χ1) is 17.0. The summed E-state index contributed by atoms with van der Waals surface area (Å²) < 4.78 is 46.9. The molecule has 4 aromatic carbocycles.